The van der Waals surface area contributed by atoms with E-state index in [1.54, 1.807) is 7.11 Å². The second-order valence-corrected chi connectivity index (χ2v) is 4.42. The molecule has 0 bridgehead atoms. The fourth-order valence-corrected chi connectivity index (χ4v) is 2.23. The predicted octanol–water partition coefficient (Wildman–Crippen LogP) is 2.78. The van der Waals surface area contributed by atoms with E-state index in [9.17, 15) is 0 Å². The number of aromatic nitrogens is 3. The molecule has 0 saturated carbocycles. The Morgan fingerprint density at radius 3 is 2.89 bits per heavy atom. The largest absolute Gasteiger partial charge is 0.493 e. The Morgan fingerprint density at radius 2 is 2.21 bits per heavy atom. The van der Waals surface area contributed by atoms with Gasteiger partial charge in [0.1, 0.15) is 12.9 Å². The molecule has 19 heavy (non-hydrogen) atoms. The zero-order valence-corrected chi connectivity index (χ0v) is 12.6. The summed E-state index contributed by atoms with van der Waals surface area (Å²) in [6.07, 6.45) is 1.54. The van der Waals surface area contributed by atoms with Gasteiger partial charge in [0.25, 0.3) is 0 Å². The minimum atomic E-state index is 0.369. The van der Waals surface area contributed by atoms with Crippen molar-refractivity contribution in [2.45, 2.75) is 25.4 Å². The van der Waals surface area contributed by atoms with E-state index in [2.05, 4.69) is 26.0 Å². The number of alkyl halides is 1. The van der Waals surface area contributed by atoms with Crippen molar-refractivity contribution in [3.63, 3.8) is 0 Å². The third kappa shape index (κ3) is 3.07. The van der Waals surface area contributed by atoms with Crippen LogP contribution in [0.5, 0.6) is 11.5 Å². The van der Waals surface area contributed by atoms with Crippen LogP contribution in [0.1, 0.15) is 18.3 Å². The summed E-state index contributed by atoms with van der Waals surface area (Å²) in [5, 5.41) is 4.83. The molecule has 0 aliphatic heterocycles. The zero-order valence-electron chi connectivity index (χ0n) is 11.0. The molecule has 6 heteroatoms. The number of rotatable bonds is 6. The van der Waals surface area contributed by atoms with Crippen molar-refractivity contribution in [2.75, 3.05) is 7.11 Å². The topological polar surface area (TPSA) is 49.2 Å². The van der Waals surface area contributed by atoms with Crippen molar-refractivity contribution in [3.05, 3.63) is 35.9 Å². The number of aryl methyl sites for hydroxylation is 1. The number of para-hydroxylation sites is 1. The predicted molar refractivity (Wildman–Crippen MR) is 75.7 cm³/mol. The van der Waals surface area contributed by atoms with Crippen LogP contribution in [-0.2, 0) is 18.5 Å². The van der Waals surface area contributed by atoms with E-state index in [1.807, 2.05) is 29.8 Å². The van der Waals surface area contributed by atoms with Crippen LogP contribution < -0.4 is 9.47 Å². The molecule has 0 spiro atoms. The van der Waals surface area contributed by atoms with Gasteiger partial charge in [-0.1, -0.05) is 28.1 Å². The van der Waals surface area contributed by atoms with Gasteiger partial charge in [0.2, 0.25) is 0 Å². The first-order chi connectivity index (χ1) is 9.30. The lowest BCUT2D eigenvalue weighted by molar-refractivity contribution is 0.268. The molecule has 1 aromatic heterocycles. The highest BCUT2D eigenvalue weighted by atomic mass is 79.9. The summed E-state index contributed by atoms with van der Waals surface area (Å²) in [6.45, 7) is 3.16. The minimum Gasteiger partial charge on any atom is -0.493 e. The number of benzene rings is 1. The van der Waals surface area contributed by atoms with Crippen molar-refractivity contribution in [1.29, 1.82) is 0 Å². The van der Waals surface area contributed by atoms with Crippen LogP contribution in [0.4, 0.5) is 0 Å². The first-order valence-electron chi connectivity index (χ1n) is 6.01. The Labute approximate surface area is 120 Å². The maximum absolute atomic E-state index is 5.86. The smallest absolute Gasteiger partial charge is 0.165 e. The van der Waals surface area contributed by atoms with Gasteiger partial charge in [0, 0.05) is 17.4 Å². The van der Waals surface area contributed by atoms with Gasteiger partial charge < -0.3 is 9.47 Å². The Kier molecular flexibility index (Phi) is 4.79. The number of ether oxygens (including phenoxy) is 2. The number of halogens is 1. The minimum absolute atomic E-state index is 0.369. The maximum atomic E-state index is 5.86. The van der Waals surface area contributed by atoms with Crippen molar-refractivity contribution in [3.8, 4) is 11.5 Å². The fraction of sp³-hybridized carbons (Fsp3) is 0.385. The van der Waals surface area contributed by atoms with Gasteiger partial charge in [-0.05, 0) is 13.0 Å². The maximum Gasteiger partial charge on any atom is 0.165 e. The first-order valence-corrected chi connectivity index (χ1v) is 7.13. The SMILES string of the molecule is CCn1ncnc1COc1c(CBr)cccc1OC. The molecule has 0 unspecified atom stereocenters. The van der Waals surface area contributed by atoms with Crippen LogP contribution in [0, 0.1) is 0 Å². The van der Waals surface area contributed by atoms with Gasteiger partial charge in [-0.15, -0.1) is 0 Å². The lowest BCUT2D eigenvalue weighted by Gasteiger charge is -2.13. The fourth-order valence-electron chi connectivity index (χ4n) is 1.79. The molecule has 0 aliphatic carbocycles. The Balaban J connectivity index is 2.19. The van der Waals surface area contributed by atoms with Gasteiger partial charge in [-0.3, -0.25) is 0 Å². The van der Waals surface area contributed by atoms with E-state index in [0.29, 0.717) is 11.9 Å². The third-order valence-electron chi connectivity index (χ3n) is 2.77. The second kappa shape index (κ2) is 6.56. The summed E-state index contributed by atoms with van der Waals surface area (Å²) in [5.74, 6) is 2.26. The van der Waals surface area contributed by atoms with E-state index in [1.165, 1.54) is 6.33 Å². The van der Waals surface area contributed by atoms with Gasteiger partial charge in [0.15, 0.2) is 17.3 Å². The molecule has 0 amide bonds. The molecule has 1 aromatic carbocycles. The number of nitrogens with zero attached hydrogens (tertiary/aromatic N) is 3. The summed E-state index contributed by atoms with van der Waals surface area (Å²) in [7, 11) is 1.63. The van der Waals surface area contributed by atoms with Crippen molar-refractivity contribution in [1.82, 2.24) is 14.8 Å². The summed E-state index contributed by atoms with van der Waals surface area (Å²) >= 11 is 3.45. The molecule has 102 valence electrons. The number of hydrogen-bond acceptors (Lipinski definition) is 4. The average Bonchev–Trinajstić information content (AvgIpc) is 2.91. The van der Waals surface area contributed by atoms with Crippen molar-refractivity contribution in [2.24, 2.45) is 0 Å². The van der Waals surface area contributed by atoms with Gasteiger partial charge in [0.05, 0.1) is 7.11 Å². The zero-order chi connectivity index (χ0) is 13.7. The quantitative estimate of drug-likeness (QED) is 0.766. The van der Waals surface area contributed by atoms with Crippen molar-refractivity contribution < 1.29 is 9.47 Å². The molecule has 1 heterocycles. The molecule has 2 aromatic rings. The van der Waals surface area contributed by atoms with E-state index >= 15 is 0 Å². The molecule has 0 radical (unpaired) electrons. The highest BCUT2D eigenvalue weighted by Crippen LogP contribution is 2.32. The number of methoxy groups -OCH3 is 1. The standard InChI is InChI=1S/C13H16BrN3O2/c1-3-17-12(15-9-16-17)8-19-13-10(7-14)5-4-6-11(13)18-2/h4-6,9H,3,7-8H2,1-2H3. The molecule has 0 aliphatic rings. The average molecular weight is 326 g/mol. The summed E-state index contributed by atoms with van der Waals surface area (Å²) < 4.78 is 13.0. The van der Waals surface area contributed by atoms with E-state index in [-0.39, 0.29) is 0 Å². The Hall–Kier alpha value is -1.56. The number of hydrogen-bond donors (Lipinski definition) is 0. The van der Waals surface area contributed by atoms with Crippen molar-refractivity contribution >= 4 is 15.9 Å². The Bertz CT molecular complexity index is 520. The second-order valence-electron chi connectivity index (χ2n) is 3.86. The first kappa shape index (κ1) is 13.9. The van der Waals surface area contributed by atoms with Crippen LogP contribution in [0.2, 0.25) is 0 Å². The Morgan fingerprint density at radius 1 is 1.37 bits per heavy atom. The van der Waals surface area contributed by atoms with E-state index in [0.717, 1.165) is 29.4 Å². The molecule has 0 atom stereocenters. The molecule has 0 fully saturated rings. The molecule has 0 saturated heterocycles. The monoisotopic (exact) mass is 325 g/mol. The molecular formula is C13H16BrN3O2. The molecular weight excluding hydrogens is 310 g/mol. The van der Waals surface area contributed by atoms with Gasteiger partial charge in [-0.25, -0.2) is 9.67 Å². The highest BCUT2D eigenvalue weighted by molar-refractivity contribution is 9.08. The third-order valence-corrected chi connectivity index (χ3v) is 3.37. The van der Waals surface area contributed by atoms with E-state index in [4.69, 9.17) is 9.47 Å². The summed E-state index contributed by atoms with van der Waals surface area (Å²) in [4.78, 5) is 4.19. The normalized spacial score (nSPS) is 10.5. The lowest BCUT2D eigenvalue weighted by atomic mass is 10.2. The molecule has 2 rings (SSSR count). The van der Waals surface area contributed by atoms with Crippen LogP contribution in [0.3, 0.4) is 0 Å². The van der Waals surface area contributed by atoms with Crippen LogP contribution in [0.25, 0.3) is 0 Å². The lowest BCUT2D eigenvalue weighted by Crippen LogP contribution is -2.08. The van der Waals surface area contributed by atoms with Crippen LogP contribution in [-0.4, -0.2) is 21.9 Å². The van der Waals surface area contributed by atoms with Crippen LogP contribution in [0.15, 0.2) is 24.5 Å². The molecule has 0 N–H and O–H groups in total. The van der Waals surface area contributed by atoms with Crippen LogP contribution >= 0.6 is 15.9 Å². The van der Waals surface area contributed by atoms with Gasteiger partial charge in [-0.2, -0.15) is 5.10 Å². The summed E-state index contributed by atoms with van der Waals surface area (Å²) in [6, 6.07) is 5.82. The summed E-state index contributed by atoms with van der Waals surface area (Å²) in [5.41, 5.74) is 1.04. The molecule has 5 nitrogen and oxygen atoms in total. The van der Waals surface area contributed by atoms with Gasteiger partial charge >= 0.3 is 0 Å². The van der Waals surface area contributed by atoms with E-state index < -0.39 is 0 Å². The highest BCUT2D eigenvalue weighted by Gasteiger charge is 2.11.